The summed E-state index contributed by atoms with van der Waals surface area (Å²) in [5.41, 5.74) is 8.23. The fourth-order valence-electron chi connectivity index (χ4n) is 4.23. The van der Waals surface area contributed by atoms with Crippen LogP contribution in [0, 0.1) is 12.7 Å². The van der Waals surface area contributed by atoms with E-state index in [-0.39, 0.29) is 17.6 Å². The normalized spacial score (nSPS) is 16.3. The third-order valence-electron chi connectivity index (χ3n) is 5.76. The van der Waals surface area contributed by atoms with Crippen LogP contribution in [0.4, 0.5) is 4.39 Å². The molecule has 4 rings (SSSR count). The van der Waals surface area contributed by atoms with Gasteiger partial charge in [0.2, 0.25) is 5.91 Å². The molecule has 7 heteroatoms. The Balaban J connectivity index is 1.40. The van der Waals surface area contributed by atoms with Crippen LogP contribution in [0.2, 0.25) is 0 Å². The molecule has 0 saturated carbocycles. The Hall–Kier alpha value is -2.80. The van der Waals surface area contributed by atoms with Crippen LogP contribution in [0.25, 0.3) is 10.2 Å². The third kappa shape index (κ3) is 4.07. The van der Waals surface area contributed by atoms with Crippen molar-refractivity contribution in [2.75, 3.05) is 13.1 Å². The third-order valence-corrected chi connectivity index (χ3v) is 6.90. The molecule has 0 bridgehead atoms. The van der Waals surface area contributed by atoms with E-state index in [0.717, 1.165) is 40.6 Å². The molecule has 5 nitrogen and oxygen atoms in total. The van der Waals surface area contributed by atoms with Gasteiger partial charge in [-0.25, -0.2) is 9.37 Å². The van der Waals surface area contributed by atoms with Crippen LogP contribution >= 0.6 is 11.3 Å². The number of primary amides is 1. The summed E-state index contributed by atoms with van der Waals surface area (Å²) < 4.78 is 13.4. The molecule has 1 fully saturated rings. The maximum absolute atomic E-state index is 13.4. The van der Waals surface area contributed by atoms with E-state index in [4.69, 9.17) is 5.73 Å². The van der Waals surface area contributed by atoms with Gasteiger partial charge in [0, 0.05) is 37.0 Å². The van der Waals surface area contributed by atoms with Crippen LogP contribution in [-0.4, -0.2) is 34.8 Å². The average Bonchev–Trinajstić information content (AvgIpc) is 3.35. The highest BCUT2D eigenvalue weighted by molar-refractivity contribution is 7.20. The van der Waals surface area contributed by atoms with Crippen molar-refractivity contribution in [3.05, 3.63) is 63.9 Å². The Morgan fingerprint density at radius 3 is 2.93 bits per heavy atom. The molecule has 30 heavy (non-hydrogen) atoms. The van der Waals surface area contributed by atoms with Crippen molar-refractivity contribution in [2.24, 2.45) is 5.73 Å². The molecule has 2 amide bonds. The van der Waals surface area contributed by atoms with E-state index >= 15 is 0 Å². The summed E-state index contributed by atoms with van der Waals surface area (Å²) >= 11 is 1.33. The molecular formula is C23H24FN3O2S. The monoisotopic (exact) mass is 425 g/mol. The number of pyridine rings is 1. The van der Waals surface area contributed by atoms with Crippen molar-refractivity contribution < 1.29 is 14.0 Å². The van der Waals surface area contributed by atoms with E-state index < -0.39 is 5.91 Å². The van der Waals surface area contributed by atoms with E-state index in [2.05, 4.69) is 4.98 Å². The topological polar surface area (TPSA) is 76.3 Å². The lowest BCUT2D eigenvalue weighted by atomic mass is 9.95. The highest BCUT2D eigenvalue weighted by atomic mass is 32.1. The first-order valence-electron chi connectivity index (χ1n) is 10.1. The largest absolute Gasteiger partial charge is 0.365 e. The molecule has 156 valence electrons. The van der Waals surface area contributed by atoms with Gasteiger partial charge in [-0.05, 0) is 55.0 Å². The smallest absolute Gasteiger partial charge is 0.259 e. The van der Waals surface area contributed by atoms with Gasteiger partial charge in [-0.15, -0.1) is 11.3 Å². The Bertz CT molecular complexity index is 1110. The van der Waals surface area contributed by atoms with Gasteiger partial charge in [-0.3, -0.25) is 9.59 Å². The van der Waals surface area contributed by atoms with E-state index in [9.17, 15) is 14.0 Å². The Labute approximate surface area is 178 Å². The molecule has 1 aliphatic rings. The van der Waals surface area contributed by atoms with E-state index in [0.29, 0.717) is 30.0 Å². The van der Waals surface area contributed by atoms with E-state index in [1.807, 2.05) is 23.1 Å². The first-order chi connectivity index (χ1) is 14.4. The van der Waals surface area contributed by atoms with Crippen molar-refractivity contribution in [1.82, 2.24) is 9.88 Å². The molecule has 2 aromatic heterocycles. The summed E-state index contributed by atoms with van der Waals surface area (Å²) in [6.45, 7) is 3.02. The number of aryl methyl sites for hydroxylation is 2. The van der Waals surface area contributed by atoms with E-state index in [1.54, 1.807) is 19.2 Å². The lowest BCUT2D eigenvalue weighted by Gasteiger charge is -2.17. The predicted molar refractivity (Wildman–Crippen MR) is 116 cm³/mol. The number of hydrogen-bond acceptors (Lipinski definition) is 4. The summed E-state index contributed by atoms with van der Waals surface area (Å²) in [5.74, 6) is -0.430. The average molecular weight is 426 g/mol. The Kier molecular flexibility index (Phi) is 5.81. The molecule has 1 unspecified atom stereocenters. The standard InChI is InChI=1S/C23H24FN3O2S/c1-14-12-15(7-8-18(14)24)4-2-6-19(28)27-11-9-16(13-27)20-17-5-3-10-26-23(17)30-21(20)22(25)29/h3,5,7-8,10,12,16H,2,4,6,9,11,13H2,1H3,(H2,25,29). The highest BCUT2D eigenvalue weighted by Crippen LogP contribution is 2.39. The number of rotatable bonds is 6. The molecule has 1 saturated heterocycles. The minimum Gasteiger partial charge on any atom is -0.365 e. The lowest BCUT2D eigenvalue weighted by molar-refractivity contribution is -0.130. The molecule has 3 heterocycles. The summed E-state index contributed by atoms with van der Waals surface area (Å²) in [7, 11) is 0. The SMILES string of the molecule is Cc1cc(CCCC(=O)N2CCC(c3c(C(N)=O)sc4ncccc34)C2)ccc1F. The highest BCUT2D eigenvalue weighted by Gasteiger charge is 2.32. The molecule has 0 spiro atoms. The van der Waals surface area contributed by atoms with Gasteiger partial charge >= 0.3 is 0 Å². The van der Waals surface area contributed by atoms with Gasteiger partial charge in [0.15, 0.2) is 0 Å². The lowest BCUT2D eigenvalue weighted by Crippen LogP contribution is -2.28. The fraction of sp³-hybridized carbons (Fsp3) is 0.348. The maximum Gasteiger partial charge on any atom is 0.259 e. The van der Waals surface area contributed by atoms with Crippen molar-refractivity contribution in [2.45, 2.75) is 38.5 Å². The van der Waals surface area contributed by atoms with Crippen LogP contribution in [0.1, 0.15) is 51.5 Å². The number of hydrogen-bond donors (Lipinski definition) is 1. The van der Waals surface area contributed by atoms with Gasteiger partial charge in [0.1, 0.15) is 10.6 Å². The molecule has 3 aromatic rings. The van der Waals surface area contributed by atoms with Crippen molar-refractivity contribution in [3.63, 3.8) is 0 Å². The summed E-state index contributed by atoms with van der Waals surface area (Å²) in [4.78, 5) is 32.3. The maximum atomic E-state index is 13.4. The minimum atomic E-state index is -0.438. The van der Waals surface area contributed by atoms with Gasteiger partial charge in [0.25, 0.3) is 5.91 Å². The second kappa shape index (κ2) is 8.52. The molecule has 0 aliphatic carbocycles. The van der Waals surface area contributed by atoms with Crippen LogP contribution in [0.5, 0.6) is 0 Å². The Morgan fingerprint density at radius 2 is 2.17 bits per heavy atom. The first kappa shape index (κ1) is 20.5. The number of nitrogens with zero attached hydrogens (tertiary/aromatic N) is 2. The van der Waals surface area contributed by atoms with Gasteiger partial charge < -0.3 is 10.6 Å². The number of carbonyl (C=O) groups is 2. The number of carbonyl (C=O) groups excluding carboxylic acids is 2. The van der Waals surface area contributed by atoms with Crippen molar-refractivity contribution >= 4 is 33.4 Å². The van der Waals surface area contributed by atoms with Crippen LogP contribution in [-0.2, 0) is 11.2 Å². The van der Waals surface area contributed by atoms with Crippen LogP contribution in [0.15, 0.2) is 36.5 Å². The zero-order valence-corrected chi connectivity index (χ0v) is 17.7. The number of likely N-dealkylation sites (tertiary alicyclic amines) is 1. The van der Waals surface area contributed by atoms with Crippen LogP contribution in [0.3, 0.4) is 0 Å². The quantitative estimate of drug-likeness (QED) is 0.644. The van der Waals surface area contributed by atoms with Crippen molar-refractivity contribution in [1.29, 1.82) is 0 Å². The summed E-state index contributed by atoms with van der Waals surface area (Å²) in [5, 5.41) is 0.960. The van der Waals surface area contributed by atoms with Gasteiger partial charge in [-0.1, -0.05) is 18.2 Å². The second-order valence-corrected chi connectivity index (χ2v) is 8.83. The van der Waals surface area contributed by atoms with Gasteiger partial charge in [0.05, 0.1) is 4.88 Å². The number of halogens is 1. The summed E-state index contributed by atoms with van der Waals surface area (Å²) in [6.07, 6.45) is 4.45. The molecular weight excluding hydrogens is 401 g/mol. The molecule has 0 radical (unpaired) electrons. The van der Waals surface area contributed by atoms with Gasteiger partial charge in [-0.2, -0.15) is 0 Å². The molecule has 2 N–H and O–H groups in total. The van der Waals surface area contributed by atoms with Crippen molar-refractivity contribution in [3.8, 4) is 0 Å². The number of nitrogens with two attached hydrogens (primary N) is 1. The van der Waals surface area contributed by atoms with E-state index in [1.165, 1.54) is 17.4 Å². The van der Waals surface area contributed by atoms with Crippen LogP contribution < -0.4 is 5.73 Å². The first-order valence-corrected chi connectivity index (χ1v) is 11.0. The number of amides is 2. The number of benzene rings is 1. The second-order valence-electron chi connectivity index (χ2n) is 7.83. The number of fused-ring (bicyclic) bond motifs is 1. The minimum absolute atomic E-state index is 0.0918. The predicted octanol–water partition coefficient (Wildman–Crippen LogP) is 4.18. The zero-order valence-electron chi connectivity index (χ0n) is 16.9. The fourth-order valence-corrected chi connectivity index (χ4v) is 5.31. The Morgan fingerprint density at radius 1 is 1.33 bits per heavy atom. The molecule has 1 atom stereocenters. The zero-order chi connectivity index (χ0) is 21.3. The number of thiophene rings is 1. The summed E-state index contributed by atoms with van der Waals surface area (Å²) in [6, 6.07) is 8.93. The number of aromatic nitrogens is 1. The molecule has 1 aliphatic heterocycles. The molecule has 1 aromatic carbocycles.